The lowest BCUT2D eigenvalue weighted by Gasteiger charge is -2.15. The van der Waals surface area contributed by atoms with Crippen molar-refractivity contribution in [2.75, 3.05) is 6.54 Å². The predicted octanol–water partition coefficient (Wildman–Crippen LogP) is 1.69. The fourth-order valence-corrected chi connectivity index (χ4v) is 1.62. The first-order chi connectivity index (χ1) is 7.77. The van der Waals surface area contributed by atoms with Crippen LogP contribution in [0.3, 0.4) is 0 Å². The summed E-state index contributed by atoms with van der Waals surface area (Å²) in [7, 11) is 0. The van der Waals surface area contributed by atoms with Gasteiger partial charge in [0.25, 0.3) is 0 Å². The number of hydrogen-bond donors (Lipinski definition) is 2. The average Bonchev–Trinajstić information content (AvgIpc) is 2.80. The maximum absolute atomic E-state index is 11.7. The Morgan fingerprint density at radius 3 is 2.94 bits per heavy atom. The Kier molecular flexibility index (Phi) is 5.78. The Hall–Kier alpha value is -1.16. The molecule has 0 saturated heterocycles. The summed E-state index contributed by atoms with van der Waals surface area (Å²) in [4.78, 5) is 18.7. The van der Waals surface area contributed by atoms with Crippen molar-refractivity contribution in [3.8, 4) is 0 Å². The number of aromatic amines is 1. The molecule has 4 nitrogen and oxygen atoms in total. The first-order valence-electron chi connectivity index (χ1n) is 6.01. The van der Waals surface area contributed by atoms with Crippen molar-refractivity contribution in [3.63, 3.8) is 0 Å². The molecule has 0 unspecified atom stereocenters. The third kappa shape index (κ3) is 4.14. The third-order valence-corrected chi connectivity index (χ3v) is 2.64. The van der Waals surface area contributed by atoms with Crippen molar-refractivity contribution in [3.05, 3.63) is 18.2 Å². The van der Waals surface area contributed by atoms with Gasteiger partial charge in [-0.2, -0.15) is 0 Å². The highest BCUT2D eigenvalue weighted by Crippen LogP contribution is 2.02. The number of nitrogens with zero attached hydrogens (tertiary/aromatic N) is 1. The molecule has 0 spiro atoms. The van der Waals surface area contributed by atoms with E-state index in [0.717, 1.165) is 25.1 Å². The molecule has 1 heterocycles. The monoisotopic (exact) mass is 223 g/mol. The molecule has 0 aliphatic heterocycles. The van der Waals surface area contributed by atoms with Crippen molar-refractivity contribution in [2.24, 2.45) is 0 Å². The molecule has 1 atom stereocenters. The molecule has 1 aromatic rings. The fraction of sp³-hybridized carbons (Fsp3) is 0.667. The van der Waals surface area contributed by atoms with Crippen molar-refractivity contribution >= 4 is 5.78 Å². The van der Waals surface area contributed by atoms with Crippen LogP contribution in [-0.4, -0.2) is 28.3 Å². The molecule has 1 aromatic heterocycles. The second-order valence-electron chi connectivity index (χ2n) is 3.96. The summed E-state index contributed by atoms with van der Waals surface area (Å²) in [6.45, 7) is 4.96. The highest BCUT2D eigenvalue weighted by molar-refractivity contribution is 5.83. The summed E-state index contributed by atoms with van der Waals surface area (Å²) in [6, 6.07) is -0.0722. The molecule has 90 valence electrons. The van der Waals surface area contributed by atoms with Gasteiger partial charge in [0.2, 0.25) is 0 Å². The average molecular weight is 223 g/mol. The summed E-state index contributed by atoms with van der Waals surface area (Å²) in [5, 5.41) is 3.31. The lowest BCUT2D eigenvalue weighted by Crippen LogP contribution is -2.38. The minimum Gasteiger partial charge on any atom is -0.348 e. The third-order valence-electron chi connectivity index (χ3n) is 2.64. The van der Waals surface area contributed by atoms with Gasteiger partial charge in [0.15, 0.2) is 0 Å². The quantitative estimate of drug-likeness (QED) is 0.659. The van der Waals surface area contributed by atoms with Crippen LogP contribution >= 0.6 is 0 Å². The van der Waals surface area contributed by atoms with E-state index < -0.39 is 0 Å². The Balaban J connectivity index is 2.47. The number of carbonyl (C=O) groups excluding carboxylic acids is 1. The number of carbonyl (C=O) groups is 1. The molecule has 0 aliphatic carbocycles. The van der Waals surface area contributed by atoms with Crippen LogP contribution in [0.15, 0.2) is 12.5 Å². The molecule has 0 radical (unpaired) electrons. The second kappa shape index (κ2) is 7.17. The molecule has 0 aromatic carbocycles. The Morgan fingerprint density at radius 1 is 1.56 bits per heavy atom. The van der Waals surface area contributed by atoms with E-state index in [1.807, 2.05) is 6.92 Å². The molecule has 0 fully saturated rings. The summed E-state index contributed by atoms with van der Waals surface area (Å²) in [5.41, 5.74) is 1.01. The van der Waals surface area contributed by atoms with E-state index >= 15 is 0 Å². The predicted molar refractivity (Wildman–Crippen MR) is 64.3 cm³/mol. The number of hydrogen-bond acceptors (Lipinski definition) is 3. The second-order valence-corrected chi connectivity index (χ2v) is 3.96. The van der Waals surface area contributed by atoms with Crippen LogP contribution < -0.4 is 5.32 Å². The van der Waals surface area contributed by atoms with Gasteiger partial charge in [-0.25, -0.2) is 4.98 Å². The molecule has 16 heavy (non-hydrogen) atoms. The van der Waals surface area contributed by atoms with E-state index in [2.05, 4.69) is 22.2 Å². The van der Waals surface area contributed by atoms with Gasteiger partial charge in [0.1, 0.15) is 5.78 Å². The lowest BCUT2D eigenvalue weighted by molar-refractivity contribution is -0.120. The number of imidazole rings is 1. The van der Waals surface area contributed by atoms with Gasteiger partial charge in [-0.05, 0) is 13.0 Å². The van der Waals surface area contributed by atoms with Gasteiger partial charge < -0.3 is 10.3 Å². The number of ketones is 1. The minimum absolute atomic E-state index is 0.0722. The van der Waals surface area contributed by atoms with Gasteiger partial charge >= 0.3 is 0 Å². The SMILES string of the molecule is CCCCN[C@@H](Cc1cnc[nH]1)C(=O)CC. The number of unbranched alkanes of at least 4 members (excludes halogenated alkanes) is 1. The van der Waals surface area contributed by atoms with E-state index in [-0.39, 0.29) is 11.8 Å². The molecule has 0 amide bonds. The summed E-state index contributed by atoms with van der Waals surface area (Å²) < 4.78 is 0. The van der Waals surface area contributed by atoms with Crippen molar-refractivity contribution in [1.82, 2.24) is 15.3 Å². The minimum atomic E-state index is -0.0722. The van der Waals surface area contributed by atoms with Gasteiger partial charge in [-0.1, -0.05) is 20.3 Å². The maximum Gasteiger partial charge on any atom is 0.149 e. The van der Waals surface area contributed by atoms with Crippen LogP contribution in [0.4, 0.5) is 0 Å². The van der Waals surface area contributed by atoms with E-state index in [9.17, 15) is 4.79 Å². The number of Topliss-reactive ketones (excluding diaryl/α,β-unsaturated/α-hetero) is 1. The molecular formula is C12H21N3O. The summed E-state index contributed by atoms with van der Waals surface area (Å²) >= 11 is 0. The fourth-order valence-electron chi connectivity index (χ4n) is 1.62. The molecule has 1 rings (SSSR count). The maximum atomic E-state index is 11.7. The molecule has 0 aliphatic rings. The zero-order valence-corrected chi connectivity index (χ0v) is 10.1. The molecule has 4 heteroatoms. The number of nitrogens with one attached hydrogen (secondary N) is 2. The van der Waals surface area contributed by atoms with Gasteiger partial charge in [0.05, 0.1) is 12.4 Å². The first kappa shape index (κ1) is 12.9. The van der Waals surface area contributed by atoms with Gasteiger partial charge in [0, 0.05) is 24.7 Å². The lowest BCUT2D eigenvalue weighted by atomic mass is 10.1. The van der Waals surface area contributed by atoms with Crippen LogP contribution in [0.5, 0.6) is 0 Å². The van der Waals surface area contributed by atoms with Crippen LogP contribution in [0.25, 0.3) is 0 Å². The zero-order valence-electron chi connectivity index (χ0n) is 10.1. The molecular weight excluding hydrogens is 202 g/mol. The first-order valence-corrected chi connectivity index (χ1v) is 6.01. The van der Waals surface area contributed by atoms with Crippen molar-refractivity contribution < 1.29 is 4.79 Å². The summed E-state index contributed by atoms with van der Waals surface area (Å²) in [5.74, 6) is 0.269. The van der Waals surface area contributed by atoms with Crippen molar-refractivity contribution in [2.45, 2.75) is 45.6 Å². The van der Waals surface area contributed by atoms with Crippen LogP contribution in [0.2, 0.25) is 0 Å². The molecule has 0 saturated carbocycles. The number of aromatic nitrogens is 2. The van der Waals surface area contributed by atoms with E-state index in [1.54, 1.807) is 12.5 Å². The highest BCUT2D eigenvalue weighted by Gasteiger charge is 2.16. The number of rotatable bonds is 8. The zero-order chi connectivity index (χ0) is 11.8. The summed E-state index contributed by atoms with van der Waals surface area (Å²) in [6.07, 6.45) is 6.96. The van der Waals surface area contributed by atoms with E-state index in [4.69, 9.17) is 0 Å². The van der Waals surface area contributed by atoms with Gasteiger partial charge in [-0.15, -0.1) is 0 Å². The Labute approximate surface area is 96.9 Å². The number of H-pyrrole nitrogens is 1. The Bertz CT molecular complexity index is 295. The largest absolute Gasteiger partial charge is 0.348 e. The smallest absolute Gasteiger partial charge is 0.149 e. The normalized spacial score (nSPS) is 12.6. The highest BCUT2D eigenvalue weighted by atomic mass is 16.1. The van der Waals surface area contributed by atoms with Gasteiger partial charge in [-0.3, -0.25) is 4.79 Å². The van der Waals surface area contributed by atoms with E-state index in [1.165, 1.54) is 0 Å². The standard InChI is InChI=1S/C12H21N3O/c1-3-5-6-14-11(12(16)4-2)7-10-8-13-9-15-10/h8-9,11,14H,3-7H2,1-2H3,(H,13,15)/t11-/m0/s1. The van der Waals surface area contributed by atoms with Crippen LogP contribution in [0, 0.1) is 0 Å². The topological polar surface area (TPSA) is 57.8 Å². The van der Waals surface area contributed by atoms with Crippen molar-refractivity contribution in [1.29, 1.82) is 0 Å². The molecule has 2 N–H and O–H groups in total. The molecule has 0 bridgehead atoms. The van der Waals surface area contributed by atoms with Crippen LogP contribution in [-0.2, 0) is 11.2 Å². The van der Waals surface area contributed by atoms with E-state index in [0.29, 0.717) is 12.8 Å². The Morgan fingerprint density at radius 2 is 2.38 bits per heavy atom. The van der Waals surface area contributed by atoms with Crippen LogP contribution in [0.1, 0.15) is 38.8 Å².